The summed E-state index contributed by atoms with van der Waals surface area (Å²) in [5, 5.41) is 12.3. The fraction of sp³-hybridized carbons (Fsp3) is 0.400. The van der Waals surface area contributed by atoms with Crippen molar-refractivity contribution in [1.29, 1.82) is 0 Å². The van der Waals surface area contributed by atoms with Gasteiger partial charge < -0.3 is 15.1 Å². The van der Waals surface area contributed by atoms with Crippen LogP contribution in [-0.4, -0.2) is 22.3 Å². The van der Waals surface area contributed by atoms with Crippen molar-refractivity contribution >= 4 is 16.9 Å². The number of para-hydroxylation sites is 1. The summed E-state index contributed by atoms with van der Waals surface area (Å²) in [6.07, 6.45) is 0. The van der Waals surface area contributed by atoms with Gasteiger partial charge in [-0.25, -0.2) is 4.99 Å². The van der Waals surface area contributed by atoms with Gasteiger partial charge in [-0.2, -0.15) is 5.10 Å². The number of nitrogens with one attached hydrogen (secondary N) is 2. The van der Waals surface area contributed by atoms with Crippen LogP contribution in [0.25, 0.3) is 11.0 Å². The molecule has 6 heteroatoms. The molecule has 2 N–H and O–H groups in total. The average Bonchev–Trinajstić information content (AvgIpc) is 3.07. The van der Waals surface area contributed by atoms with Crippen molar-refractivity contribution in [3.63, 3.8) is 0 Å². The lowest BCUT2D eigenvalue weighted by Gasteiger charge is -2.10. The molecule has 0 fully saturated rings. The maximum Gasteiger partial charge on any atom is 0.191 e. The first kappa shape index (κ1) is 18.0. The highest BCUT2D eigenvalue weighted by Gasteiger charge is 2.11. The molecule has 0 saturated carbocycles. The minimum absolute atomic E-state index is 0.595. The van der Waals surface area contributed by atoms with Crippen molar-refractivity contribution in [2.75, 3.05) is 6.54 Å². The molecule has 6 nitrogen and oxygen atoms in total. The molecule has 0 amide bonds. The SMILES string of the molecule is CCNC(=NCc1c(C)nn(C)c1C)NCc1oc2ccccc2c1C. The molecule has 0 bridgehead atoms. The fourth-order valence-corrected chi connectivity index (χ4v) is 3.10. The van der Waals surface area contributed by atoms with E-state index >= 15 is 0 Å². The molecule has 0 radical (unpaired) electrons. The summed E-state index contributed by atoms with van der Waals surface area (Å²) in [7, 11) is 1.96. The molecule has 3 rings (SSSR count). The number of aryl methyl sites for hydroxylation is 3. The van der Waals surface area contributed by atoms with Gasteiger partial charge in [0, 0.05) is 35.8 Å². The molecular formula is C20H27N5O. The Morgan fingerprint density at radius 1 is 1.19 bits per heavy atom. The Labute approximate surface area is 154 Å². The van der Waals surface area contributed by atoms with Crippen molar-refractivity contribution in [3.8, 4) is 0 Å². The number of rotatable bonds is 5. The standard InChI is InChI=1S/C20H27N5O/c1-6-21-20(22-11-17-14(3)24-25(5)15(17)4)23-12-19-13(2)16-9-7-8-10-18(16)26-19/h7-10H,6,11-12H2,1-5H3,(H2,21,22,23). The lowest BCUT2D eigenvalue weighted by atomic mass is 10.1. The largest absolute Gasteiger partial charge is 0.459 e. The van der Waals surface area contributed by atoms with Gasteiger partial charge in [-0.3, -0.25) is 4.68 Å². The fourth-order valence-electron chi connectivity index (χ4n) is 3.10. The van der Waals surface area contributed by atoms with Gasteiger partial charge in [-0.1, -0.05) is 18.2 Å². The van der Waals surface area contributed by atoms with E-state index in [0.717, 1.165) is 40.6 Å². The number of aliphatic imine (C=N–C) groups is 1. The number of aromatic nitrogens is 2. The van der Waals surface area contributed by atoms with E-state index in [2.05, 4.69) is 42.6 Å². The van der Waals surface area contributed by atoms with Gasteiger partial charge in [0.2, 0.25) is 0 Å². The zero-order chi connectivity index (χ0) is 18.7. The van der Waals surface area contributed by atoms with Crippen LogP contribution >= 0.6 is 0 Å². The number of benzene rings is 1. The van der Waals surface area contributed by atoms with Crippen LogP contribution in [-0.2, 0) is 20.1 Å². The van der Waals surface area contributed by atoms with Gasteiger partial charge in [-0.15, -0.1) is 0 Å². The van der Waals surface area contributed by atoms with Crippen molar-refractivity contribution < 1.29 is 4.42 Å². The van der Waals surface area contributed by atoms with Crippen LogP contribution in [0.4, 0.5) is 0 Å². The third-order valence-electron chi connectivity index (χ3n) is 4.76. The number of guanidine groups is 1. The van der Waals surface area contributed by atoms with E-state index in [4.69, 9.17) is 9.41 Å². The van der Waals surface area contributed by atoms with E-state index in [9.17, 15) is 0 Å². The van der Waals surface area contributed by atoms with Crippen LogP contribution in [0.1, 0.15) is 35.2 Å². The van der Waals surface area contributed by atoms with E-state index in [-0.39, 0.29) is 0 Å². The number of fused-ring (bicyclic) bond motifs is 1. The number of furan rings is 1. The average molecular weight is 353 g/mol. The van der Waals surface area contributed by atoms with Crippen molar-refractivity contribution in [2.45, 2.75) is 40.8 Å². The smallest absolute Gasteiger partial charge is 0.191 e. The minimum Gasteiger partial charge on any atom is -0.459 e. The Balaban J connectivity index is 1.74. The Morgan fingerprint density at radius 2 is 1.96 bits per heavy atom. The van der Waals surface area contributed by atoms with Crippen LogP contribution in [0.2, 0.25) is 0 Å². The lowest BCUT2D eigenvalue weighted by Crippen LogP contribution is -2.36. The third kappa shape index (κ3) is 3.59. The maximum absolute atomic E-state index is 5.97. The summed E-state index contributed by atoms with van der Waals surface area (Å²) in [5.74, 6) is 1.71. The van der Waals surface area contributed by atoms with Crippen molar-refractivity contribution in [3.05, 3.63) is 52.5 Å². The molecule has 0 spiro atoms. The topological polar surface area (TPSA) is 67.4 Å². The van der Waals surface area contributed by atoms with Gasteiger partial charge in [0.15, 0.2) is 5.96 Å². The molecular weight excluding hydrogens is 326 g/mol. The molecule has 0 unspecified atom stereocenters. The molecule has 2 aromatic heterocycles. The molecule has 26 heavy (non-hydrogen) atoms. The van der Waals surface area contributed by atoms with Crippen molar-refractivity contribution in [2.24, 2.45) is 12.0 Å². The van der Waals surface area contributed by atoms with E-state index in [1.54, 1.807) is 0 Å². The monoisotopic (exact) mass is 353 g/mol. The Hall–Kier alpha value is -2.76. The second-order valence-electron chi connectivity index (χ2n) is 6.47. The van der Waals surface area contributed by atoms with Gasteiger partial charge in [0.1, 0.15) is 11.3 Å². The highest BCUT2D eigenvalue weighted by atomic mass is 16.3. The minimum atomic E-state index is 0.595. The molecule has 138 valence electrons. The van der Waals surface area contributed by atoms with Crippen LogP contribution in [0.5, 0.6) is 0 Å². The quantitative estimate of drug-likeness (QED) is 0.545. The Kier molecular flexibility index (Phi) is 5.30. The molecule has 0 aliphatic rings. The number of hydrogen-bond acceptors (Lipinski definition) is 3. The van der Waals surface area contributed by atoms with Crippen molar-refractivity contribution in [1.82, 2.24) is 20.4 Å². The molecule has 2 heterocycles. The van der Waals surface area contributed by atoms with E-state index in [1.807, 2.05) is 36.9 Å². The highest BCUT2D eigenvalue weighted by molar-refractivity contribution is 5.83. The molecule has 0 atom stereocenters. The van der Waals surface area contributed by atoms with Gasteiger partial charge in [0.25, 0.3) is 0 Å². The summed E-state index contributed by atoms with van der Waals surface area (Å²) >= 11 is 0. The number of hydrogen-bond donors (Lipinski definition) is 2. The summed E-state index contributed by atoms with van der Waals surface area (Å²) in [6, 6.07) is 8.11. The number of nitrogens with zero attached hydrogens (tertiary/aromatic N) is 3. The second kappa shape index (κ2) is 7.64. The summed E-state index contributed by atoms with van der Waals surface area (Å²) < 4.78 is 7.87. The highest BCUT2D eigenvalue weighted by Crippen LogP contribution is 2.24. The zero-order valence-electron chi connectivity index (χ0n) is 16.2. The Bertz CT molecular complexity index is 935. The molecule has 0 saturated heterocycles. The maximum atomic E-state index is 5.97. The first-order valence-electron chi connectivity index (χ1n) is 8.99. The van der Waals surface area contributed by atoms with Crippen LogP contribution < -0.4 is 10.6 Å². The molecule has 0 aliphatic carbocycles. The third-order valence-corrected chi connectivity index (χ3v) is 4.76. The molecule has 1 aromatic carbocycles. The molecule has 0 aliphatic heterocycles. The molecule has 3 aromatic rings. The lowest BCUT2D eigenvalue weighted by molar-refractivity contribution is 0.534. The van der Waals surface area contributed by atoms with Crippen LogP contribution in [0, 0.1) is 20.8 Å². The summed E-state index contributed by atoms with van der Waals surface area (Å²) in [6.45, 7) is 10.2. The first-order chi connectivity index (χ1) is 12.5. The normalized spacial score (nSPS) is 12.0. The first-order valence-corrected chi connectivity index (χ1v) is 8.99. The second-order valence-corrected chi connectivity index (χ2v) is 6.47. The van der Waals surface area contributed by atoms with Gasteiger partial charge in [-0.05, 0) is 33.8 Å². The van der Waals surface area contributed by atoms with Gasteiger partial charge in [0.05, 0.1) is 18.8 Å². The predicted octanol–water partition coefficient (Wildman–Crippen LogP) is 3.35. The predicted molar refractivity (Wildman–Crippen MR) is 105 cm³/mol. The summed E-state index contributed by atoms with van der Waals surface area (Å²) in [4.78, 5) is 4.72. The Morgan fingerprint density at radius 3 is 2.62 bits per heavy atom. The van der Waals surface area contributed by atoms with Crippen LogP contribution in [0.15, 0.2) is 33.7 Å². The zero-order valence-corrected chi connectivity index (χ0v) is 16.2. The van der Waals surface area contributed by atoms with E-state index in [1.165, 1.54) is 11.1 Å². The summed E-state index contributed by atoms with van der Waals surface area (Å²) in [5.41, 5.74) is 5.44. The van der Waals surface area contributed by atoms with Crippen LogP contribution in [0.3, 0.4) is 0 Å². The van der Waals surface area contributed by atoms with Gasteiger partial charge >= 0.3 is 0 Å². The van der Waals surface area contributed by atoms with E-state index < -0.39 is 0 Å². The van der Waals surface area contributed by atoms with E-state index in [0.29, 0.717) is 13.1 Å².